The van der Waals surface area contributed by atoms with E-state index in [4.69, 9.17) is 4.74 Å². The van der Waals surface area contributed by atoms with Crippen molar-refractivity contribution in [3.8, 4) is 0 Å². The number of hydrogen-bond acceptors (Lipinski definition) is 2. The summed E-state index contributed by atoms with van der Waals surface area (Å²) in [7, 11) is 0. The van der Waals surface area contributed by atoms with Crippen molar-refractivity contribution in [2.75, 3.05) is 26.2 Å². The molecule has 0 aromatic rings. The Morgan fingerprint density at radius 2 is 2.10 bits per heavy atom. The first-order valence-electron chi connectivity index (χ1n) is 4.29. The van der Waals surface area contributed by atoms with Crippen LogP contribution in [0.4, 0.5) is 0 Å². The molecule has 2 fully saturated rings. The van der Waals surface area contributed by atoms with E-state index in [0.717, 1.165) is 6.61 Å². The van der Waals surface area contributed by atoms with E-state index in [1.807, 2.05) is 0 Å². The van der Waals surface area contributed by atoms with Gasteiger partial charge in [0, 0.05) is 13.1 Å². The zero-order valence-electron chi connectivity index (χ0n) is 6.38. The van der Waals surface area contributed by atoms with Crippen molar-refractivity contribution < 1.29 is 4.74 Å². The lowest BCUT2D eigenvalue weighted by Crippen LogP contribution is -1.99. The minimum atomic E-state index is 0.647. The Labute approximate surface area is 62.2 Å². The Hall–Kier alpha value is -0.0800. The van der Waals surface area contributed by atoms with Crippen molar-refractivity contribution in [2.45, 2.75) is 25.4 Å². The highest BCUT2D eigenvalue weighted by atomic mass is 16.6. The second-order valence-corrected chi connectivity index (χ2v) is 3.29. The molecular weight excluding hydrogens is 126 g/mol. The fraction of sp³-hybridized carbons (Fsp3) is 1.00. The van der Waals surface area contributed by atoms with Crippen LogP contribution in [0.2, 0.25) is 0 Å². The first kappa shape index (κ1) is 6.62. The van der Waals surface area contributed by atoms with Crippen molar-refractivity contribution >= 4 is 0 Å². The molecule has 0 N–H and O–H groups in total. The lowest BCUT2D eigenvalue weighted by atomic mass is 10.2. The molecule has 2 aliphatic heterocycles. The van der Waals surface area contributed by atoms with Crippen LogP contribution >= 0.6 is 0 Å². The lowest BCUT2D eigenvalue weighted by molar-refractivity contribution is 0.384. The van der Waals surface area contributed by atoms with Gasteiger partial charge < -0.3 is 9.64 Å². The fourth-order valence-electron chi connectivity index (χ4n) is 1.24. The zero-order valence-corrected chi connectivity index (χ0v) is 6.38. The monoisotopic (exact) mass is 141 g/mol. The third-order valence-corrected chi connectivity index (χ3v) is 2.19. The van der Waals surface area contributed by atoms with Crippen LogP contribution < -0.4 is 0 Å². The van der Waals surface area contributed by atoms with E-state index in [0.29, 0.717) is 6.10 Å². The Balaban J connectivity index is 1.40. The van der Waals surface area contributed by atoms with Gasteiger partial charge in [-0.05, 0) is 25.8 Å². The Morgan fingerprint density at radius 1 is 1.30 bits per heavy atom. The van der Waals surface area contributed by atoms with Crippen LogP contribution in [0.25, 0.3) is 0 Å². The number of rotatable bonds is 5. The molecule has 1 atom stereocenters. The third kappa shape index (κ3) is 2.27. The molecule has 2 saturated heterocycles. The molecule has 2 nitrogen and oxygen atoms in total. The minimum Gasteiger partial charge on any atom is -0.373 e. The topological polar surface area (TPSA) is 15.5 Å². The number of unbranched alkanes of at least 4 members (excludes halogenated alkanes) is 1. The molecule has 0 radical (unpaired) electrons. The van der Waals surface area contributed by atoms with Gasteiger partial charge in [-0.1, -0.05) is 0 Å². The summed E-state index contributed by atoms with van der Waals surface area (Å²) < 4.78 is 5.12. The zero-order chi connectivity index (χ0) is 6.81. The quantitative estimate of drug-likeness (QED) is 0.417. The molecule has 2 heteroatoms. The van der Waals surface area contributed by atoms with Gasteiger partial charge in [-0.15, -0.1) is 0 Å². The Kier molecular flexibility index (Phi) is 1.91. The lowest BCUT2D eigenvalue weighted by Gasteiger charge is -1.97. The van der Waals surface area contributed by atoms with Crippen molar-refractivity contribution in [3.05, 3.63) is 0 Å². The smallest absolute Gasteiger partial charge is 0.0810 e. The standard InChI is InChI=1S/C8H15NO/c1(3-8-7-10-8)2-4-9-5-6-9/h8H,1-7H2. The number of nitrogens with zero attached hydrogens (tertiary/aromatic N) is 1. The van der Waals surface area contributed by atoms with E-state index in [-0.39, 0.29) is 0 Å². The molecule has 2 aliphatic rings. The molecule has 2 heterocycles. The van der Waals surface area contributed by atoms with E-state index in [1.165, 1.54) is 38.9 Å². The van der Waals surface area contributed by atoms with Crippen molar-refractivity contribution in [1.29, 1.82) is 0 Å². The van der Waals surface area contributed by atoms with E-state index < -0.39 is 0 Å². The van der Waals surface area contributed by atoms with Crippen LogP contribution in [-0.4, -0.2) is 37.2 Å². The summed E-state index contributed by atoms with van der Waals surface area (Å²) in [5.74, 6) is 0. The van der Waals surface area contributed by atoms with E-state index in [1.54, 1.807) is 0 Å². The van der Waals surface area contributed by atoms with E-state index >= 15 is 0 Å². The third-order valence-electron chi connectivity index (χ3n) is 2.19. The van der Waals surface area contributed by atoms with Crippen LogP contribution in [0.3, 0.4) is 0 Å². The number of epoxide rings is 1. The maximum Gasteiger partial charge on any atom is 0.0810 e. The van der Waals surface area contributed by atoms with E-state index in [2.05, 4.69) is 4.90 Å². The van der Waals surface area contributed by atoms with Crippen LogP contribution in [-0.2, 0) is 4.74 Å². The Morgan fingerprint density at radius 3 is 2.70 bits per heavy atom. The highest BCUT2D eigenvalue weighted by Crippen LogP contribution is 2.17. The highest BCUT2D eigenvalue weighted by molar-refractivity contribution is 4.73. The molecule has 0 bridgehead atoms. The predicted molar refractivity (Wildman–Crippen MR) is 40.0 cm³/mol. The van der Waals surface area contributed by atoms with Gasteiger partial charge in [-0.3, -0.25) is 0 Å². The molecule has 0 saturated carbocycles. The molecular formula is C8H15NO. The molecule has 0 aliphatic carbocycles. The summed E-state index contributed by atoms with van der Waals surface area (Å²) >= 11 is 0. The average Bonchev–Trinajstić information content (AvgIpc) is 2.77. The fourth-order valence-corrected chi connectivity index (χ4v) is 1.24. The van der Waals surface area contributed by atoms with Crippen LogP contribution in [0.1, 0.15) is 19.3 Å². The molecule has 2 rings (SSSR count). The Bertz CT molecular complexity index is 93.8. The summed E-state index contributed by atoms with van der Waals surface area (Å²) in [6, 6.07) is 0. The summed E-state index contributed by atoms with van der Waals surface area (Å²) in [5.41, 5.74) is 0. The normalized spacial score (nSPS) is 30.6. The van der Waals surface area contributed by atoms with Gasteiger partial charge in [0.05, 0.1) is 12.7 Å². The summed E-state index contributed by atoms with van der Waals surface area (Å²) in [6.07, 6.45) is 4.68. The maximum absolute atomic E-state index is 5.12. The summed E-state index contributed by atoms with van der Waals surface area (Å²) in [6.45, 7) is 5.05. The SMILES string of the molecule is C(CCN1CC1)CC1CO1. The molecule has 10 heavy (non-hydrogen) atoms. The van der Waals surface area contributed by atoms with Crippen molar-refractivity contribution in [2.24, 2.45) is 0 Å². The largest absolute Gasteiger partial charge is 0.373 e. The molecule has 0 spiro atoms. The minimum absolute atomic E-state index is 0.647. The van der Waals surface area contributed by atoms with Crippen LogP contribution in [0.5, 0.6) is 0 Å². The second kappa shape index (κ2) is 2.89. The number of ether oxygens (including phenoxy) is 1. The van der Waals surface area contributed by atoms with Gasteiger partial charge in [0.2, 0.25) is 0 Å². The summed E-state index contributed by atoms with van der Waals surface area (Å²) in [5, 5.41) is 0. The van der Waals surface area contributed by atoms with Crippen molar-refractivity contribution in [1.82, 2.24) is 4.90 Å². The maximum atomic E-state index is 5.12. The second-order valence-electron chi connectivity index (χ2n) is 3.29. The van der Waals surface area contributed by atoms with Gasteiger partial charge in [0.15, 0.2) is 0 Å². The van der Waals surface area contributed by atoms with Crippen LogP contribution in [0.15, 0.2) is 0 Å². The van der Waals surface area contributed by atoms with Gasteiger partial charge in [-0.25, -0.2) is 0 Å². The van der Waals surface area contributed by atoms with Gasteiger partial charge in [0.25, 0.3) is 0 Å². The molecule has 1 unspecified atom stereocenters. The molecule has 58 valence electrons. The molecule has 0 aromatic carbocycles. The number of hydrogen-bond donors (Lipinski definition) is 0. The average molecular weight is 141 g/mol. The van der Waals surface area contributed by atoms with Gasteiger partial charge in [0.1, 0.15) is 0 Å². The molecule has 0 aromatic heterocycles. The van der Waals surface area contributed by atoms with E-state index in [9.17, 15) is 0 Å². The van der Waals surface area contributed by atoms with Gasteiger partial charge >= 0.3 is 0 Å². The first-order valence-corrected chi connectivity index (χ1v) is 4.29. The molecule has 0 amide bonds. The van der Waals surface area contributed by atoms with Crippen LogP contribution in [0, 0.1) is 0 Å². The first-order chi connectivity index (χ1) is 4.95. The predicted octanol–water partition coefficient (Wildman–Crippen LogP) is 0.871. The van der Waals surface area contributed by atoms with Gasteiger partial charge in [-0.2, -0.15) is 0 Å². The summed E-state index contributed by atoms with van der Waals surface area (Å²) in [4.78, 5) is 2.48. The highest BCUT2D eigenvalue weighted by Gasteiger charge is 2.22. The van der Waals surface area contributed by atoms with Crippen molar-refractivity contribution in [3.63, 3.8) is 0 Å².